The van der Waals surface area contributed by atoms with Crippen molar-refractivity contribution in [1.82, 2.24) is 19.7 Å². The van der Waals surface area contributed by atoms with Crippen molar-refractivity contribution in [2.24, 2.45) is 0 Å². The van der Waals surface area contributed by atoms with Gasteiger partial charge in [-0.2, -0.15) is 31.1 Å². The average Bonchev–Trinajstić information content (AvgIpc) is 3.19. The maximum absolute atomic E-state index is 12.9. The number of anilines is 2. The molecule has 1 aliphatic heterocycles. The zero-order chi connectivity index (χ0) is 25.6. The molecule has 35 heavy (non-hydrogen) atoms. The van der Waals surface area contributed by atoms with E-state index in [1.165, 1.54) is 6.20 Å². The monoisotopic (exact) mass is 539 g/mol. The fraction of sp³-hybridized carbons (Fsp3) is 0.316. The van der Waals surface area contributed by atoms with Crippen molar-refractivity contribution in [1.29, 1.82) is 0 Å². The number of halogens is 6. The van der Waals surface area contributed by atoms with E-state index in [9.17, 15) is 34.8 Å². The topological polar surface area (TPSA) is 106 Å². The molecule has 2 N–H and O–H groups in total. The van der Waals surface area contributed by atoms with E-state index in [-0.39, 0.29) is 24.2 Å². The van der Waals surface area contributed by atoms with Crippen LogP contribution in [0.15, 0.2) is 36.7 Å². The molecule has 1 fully saturated rings. The number of thiazole rings is 1. The van der Waals surface area contributed by atoms with E-state index in [1.54, 1.807) is 29.8 Å². The van der Waals surface area contributed by atoms with Crippen LogP contribution in [0, 0.1) is 6.92 Å². The van der Waals surface area contributed by atoms with Crippen molar-refractivity contribution in [2.45, 2.75) is 24.1 Å². The number of alkyl halides is 6. The summed E-state index contributed by atoms with van der Waals surface area (Å²) in [5, 5.41) is 2.77. The number of rotatable bonds is 6. The van der Waals surface area contributed by atoms with Crippen molar-refractivity contribution in [3.8, 4) is 10.4 Å². The van der Waals surface area contributed by atoms with Gasteiger partial charge < -0.3 is 10.1 Å². The molecule has 1 saturated heterocycles. The number of hydrogen-bond donors (Lipinski definition) is 2. The van der Waals surface area contributed by atoms with Crippen LogP contribution >= 0.6 is 11.3 Å². The number of hydrogen-bond acceptors (Lipinski definition) is 8. The molecule has 4 rings (SSSR count). The first-order valence-corrected chi connectivity index (χ1v) is 11.9. The molecule has 1 aromatic carbocycles. The quantitative estimate of drug-likeness (QED) is 0.449. The molecular weight excluding hydrogens is 524 g/mol. The molecule has 188 valence electrons. The minimum absolute atomic E-state index is 0.0730. The number of nitrogens with one attached hydrogen (secondary N) is 2. The first-order valence-electron chi connectivity index (χ1n) is 9.62. The van der Waals surface area contributed by atoms with Gasteiger partial charge in [-0.15, -0.1) is 11.3 Å². The Balaban J connectivity index is 1.62. The molecule has 0 amide bonds. The normalized spacial score (nSPS) is 16.1. The third kappa shape index (κ3) is 5.24. The maximum Gasteiger partial charge on any atom is 0.511 e. The second-order valence-corrected chi connectivity index (χ2v) is 10.3. The Morgan fingerprint density at radius 3 is 2.40 bits per heavy atom. The van der Waals surface area contributed by atoms with Crippen LogP contribution in [0.4, 0.5) is 38.0 Å². The summed E-state index contributed by atoms with van der Waals surface area (Å²) in [5.74, 6) is -0.284. The lowest BCUT2D eigenvalue weighted by molar-refractivity contribution is -0.141. The molecular formula is C19H15F6N5O3S2. The van der Waals surface area contributed by atoms with Crippen LogP contribution in [0.25, 0.3) is 10.4 Å². The van der Waals surface area contributed by atoms with Crippen LogP contribution in [0.5, 0.6) is 0 Å². The van der Waals surface area contributed by atoms with Gasteiger partial charge >= 0.3 is 21.7 Å². The maximum atomic E-state index is 12.9. The summed E-state index contributed by atoms with van der Waals surface area (Å²) in [6.07, 6.45) is -2.32. The summed E-state index contributed by atoms with van der Waals surface area (Å²) in [5.41, 5.74) is -6.69. The molecule has 1 aliphatic rings. The van der Waals surface area contributed by atoms with E-state index >= 15 is 0 Å². The number of nitrogens with zero attached hydrogens (tertiary/aromatic N) is 3. The van der Waals surface area contributed by atoms with Gasteiger partial charge in [0.2, 0.25) is 5.95 Å². The van der Waals surface area contributed by atoms with Crippen LogP contribution in [-0.4, -0.2) is 42.1 Å². The van der Waals surface area contributed by atoms with Crippen molar-refractivity contribution < 1.29 is 39.5 Å². The van der Waals surface area contributed by atoms with Crippen LogP contribution in [0.3, 0.4) is 0 Å². The highest BCUT2D eigenvalue weighted by atomic mass is 32.2. The van der Waals surface area contributed by atoms with E-state index in [4.69, 9.17) is 4.74 Å². The van der Waals surface area contributed by atoms with Crippen LogP contribution in [0.1, 0.15) is 16.3 Å². The highest BCUT2D eigenvalue weighted by Gasteiger charge is 2.54. The number of ether oxygens (including phenoxy) is 1. The zero-order valence-electron chi connectivity index (χ0n) is 17.5. The van der Waals surface area contributed by atoms with Crippen LogP contribution in [-0.2, 0) is 26.5 Å². The fourth-order valence-electron chi connectivity index (χ4n) is 3.18. The molecule has 0 radical (unpaired) electrons. The predicted molar refractivity (Wildman–Crippen MR) is 113 cm³/mol. The summed E-state index contributed by atoms with van der Waals surface area (Å²) < 4.78 is 107. The molecule has 0 unspecified atom stereocenters. The van der Waals surface area contributed by atoms with Gasteiger partial charge in [-0.1, -0.05) is 6.07 Å². The predicted octanol–water partition coefficient (Wildman–Crippen LogP) is 4.34. The van der Waals surface area contributed by atoms with E-state index in [1.807, 2.05) is 0 Å². The summed E-state index contributed by atoms with van der Waals surface area (Å²) >= 11 is 0.956. The molecule has 3 aromatic rings. The molecule has 16 heteroatoms. The summed E-state index contributed by atoms with van der Waals surface area (Å²) in [6, 6.07) is 5.66. The molecule has 0 spiro atoms. The molecule has 0 atom stereocenters. The van der Waals surface area contributed by atoms with E-state index in [0.29, 0.717) is 21.7 Å². The highest BCUT2D eigenvalue weighted by Crippen LogP contribution is 2.39. The number of sulfonamides is 1. The molecule has 0 aliphatic carbocycles. The van der Waals surface area contributed by atoms with Crippen molar-refractivity contribution in [2.75, 3.05) is 18.5 Å². The Hall–Kier alpha value is -2.82. The highest BCUT2D eigenvalue weighted by molar-refractivity contribution is 7.90. The average molecular weight is 539 g/mol. The Morgan fingerprint density at radius 2 is 1.80 bits per heavy atom. The molecule has 8 nitrogen and oxygen atoms in total. The van der Waals surface area contributed by atoms with Crippen LogP contribution in [0.2, 0.25) is 0 Å². The molecule has 0 bridgehead atoms. The van der Waals surface area contributed by atoms with Crippen molar-refractivity contribution >= 4 is 33.0 Å². The van der Waals surface area contributed by atoms with Gasteiger partial charge in [-0.25, -0.2) is 23.4 Å². The Morgan fingerprint density at radius 1 is 1.09 bits per heavy atom. The smallest absolute Gasteiger partial charge is 0.376 e. The van der Waals surface area contributed by atoms with Gasteiger partial charge in [-0.3, -0.25) is 0 Å². The van der Waals surface area contributed by atoms with Gasteiger partial charge in [-0.05, 0) is 36.2 Å². The fourth-order valence-corrected chi connectivity index (χ4v) is 5.11. The number of aryl methyl sites for hydroxylation is 1. The van der Waals surface area contributed by atoms with E-state index < -0.39 is 32.9 Å². The van der Waals surface area contributed by atoms with Crippen LogP contribution < -0.4 is 10.0 Å². The Bertz CT molecular complexity index is 1350. The van der Waals surface area contributed by atoms with Gasteiger partial charge in [0.15, 0.2) is 0 Å². The molecule has 3 heterocycles. The third-order valence-corrected chi connectivity index (χ3v) is 7.33. The molecule has 2 aromatic heterocycles. The standard InChI is InChI=1S/C19H15F6N5O3S2/c1-10-4-11(6-12(5-10)28-16-26-3-2-14(29-16)18(20,21)22)13-7-27-15(34-13)17(8-33-9-17)30-35(31,32)19(23,24)25/h2-7,30H,8-9H2,1H3,(H,26,28,29). The second kappa shape index (κ2) is 8.69. The summed E-state index contributed by atoms with van der Waals surface area (Å²) in [7, 11) is -5.65. The lowest BCUT2D eigenvalue weighted by Crippen LogP contribution is -2.61. The third-order valence-electron chi connectivity index (χ3n) is 4.81. The van der Waals surface area contributed by atoms with Gasteiger partial charge in [0.05, 0.1) is 18.1 Å². The lowest BCUT2D eigenvalue weighted by Gasteiger charge is -2.39. The van der Waals surface area contributed by atoms with Gasteiger partial charge in [0, 0.05) is 18.1 Å². The first-order chi connectivity index (χ1) is 16.2. The van der Waals surface area contributed by atoms with Crippen molar-refractivity contribution in [3.63, 3.8) is 0 Å². The van der Waals surface area contributed by atoms with E-state index in [2.05, 4.69) is 20.3 Å². The lowest BCUT2D eigenvalue weighted by atomic mass is 10.0. The SMILES string of the molecule is Cc1cc(Nc2nccc(C(F)(F)F)n2)cc(-c2cnc(C3(NS(=O)(=O)C(F)(F)F)COC3)s2)c1. The second-order valence-electron chi connectivity index (χ2n) is 7.63. The van der Waals surface area contributed by atoms with Crippen molar-refractivity contribution in [3.05, 3.63) is 52.9 Å². The van der Waals surface area contributed by atoms with Gasteiger partial charge in [0.25, 0.3) is 0 Å². The van der Waals surface area contributed by atoms with Gasteiger partial charge in [0.1, 0.15) is 16.2 Å². The van der Waals surface area contributed by atoms with E-state index in [0.717, 1.165) is 23.6 Å². The Labute approximate surface area is 198 Å². The largest absolute Gasteiger partial charge is 0.511 e. The minimum Gasteiger partial charge on any atom is -0.376 e. The zero-order valence-corrected chi connectivity index (χ0v) is 19.2. The minimum atomic E-state index is -5.65. The Kier molecular flexibility index (Phi) is 6.27. The summed E-state index contributed by atoms with van der Waals surface area (Å²) in [4.78, 5) is 11.8. The first kappa shape index (κ1) is 25.3. The number of benzene rings is 1. The number of aromatic nitrogens is 3. The molecule has 0 saturated carbocycles. The summed E-state index contributed by atoms with van der Waals surface area (Å²) in [6.45, 7) is 1.06.